The van der Waals surface area contributed by atoms with Crippen molar-refractivity contribution in [3.05, 3.63) is 78.6 Å². The molecule has 4 heteroatoms. The molecule has 4 nitrogen and oxygen atoms in total. The van der Waals surface area contributed by atoms with Gasteiger partial charge in [0, 0.05) is 11.8 Å². The predicted molar refractivity (Wildman–Crippen MR) is 81.9 cm³/mol. The number of rotatable bonds is 3. The second-order valence-corrected chi connectivity index (χ2v) is 4.44. The molecule has 0 aliphatic heterocycles. The zero-order valence-electron chi connectivity index (χ0n) is 11.2. The molecule has 1 amide bonds. The first-order chi connectivity index (χ1) is 10.3. The molecular weight excluding hydrogens is 262 g/mol. The van der Waals surface area contributed by atoms with E-state index in [0.29, 0.717) is 11.5 Å². The van der Waals surface area contributed by atoms with E-state index in [1.807, 2.05) is 42.5 Å². The number of amides is 1. The van der Waals surface area contributed by atoms with Crippen molar-refractivity contribution in [3.8, 4) is 11.3 Å². The fraction of sp³-hybridized carbons (Fsp3) is 0. The number of benzene rings is 1. The molecule has 2 aromatic heterocycles. The van der Waals surface area contributed by atoms with Crippen LogP contribution in [0.25, 0.3) is 11.3 Å². The Bertz CT molecular complexity index is 742. The number of carbonyl (C=O) groups excluding carboxylic acids is 1. The molecule has 0 saturated heterocycles. The van der Waals surface area contributed by atoms with Crippen molar-refractivity contribution >= 4 is 11.7 Å². The van der Waals surface area contributed by atoms with Crippen LogP contribution in [0, 0.1) is 0 Å². The lowest BCUT2D eigenvalue weighted by Crippen LogP contribution is -2.14. The number of hydrogen-bond acceptors (Lipinski definition) is 3. The number of aromatic nitrogens is 2. The monoisotopic (exact) mass is 275 g/mol. The van der Waals surface area contributed by atoms with Crippen LogP contribution < -0.4 is 5.32 Å². The maximum Gasteiger partial charge on any atom is 0.275 e. The summed E-state index contributed by atoms with van der Waals surface area (Å²) in [7, 11) is 0. The standard InChI is InChI=1S/C17H13N3O/c21-17(15-9-4-5-12-18-15)20-16-11-6-10-14(19-16)13-7-2-1-3-8-13/h1-12H,(H,19,20,21). The van der Waals surface area contributed by atoms with E-state index < -0.39 is 0 Å². The third-order valence-corrected chi connectivity index (χ3v) is 2.96. The van der Waals surface area contributed by atoms with Crippen LogP contribution in [0.5, 0.6) is 0 Å². The van der Waals surface area contributed by atoms with E-state index in [9.17, 15) is 4.79 Å². The second-order valence-electron chi connectivity index (χ2n) is 4.44. The minimum atomic E-state index is -0.270. The van der Waals surface area contributed by atoms with Gasteiger partial charge in [-0.15, -0.1) is 0 Å². The second kappa shape index (κ2) is 5.96. The Morgan fingerprint density at radius 3 is 2.43 bits per heavy atom. The Hall–Kier alpha value is -3.01. The molecule has 0 spiro atoms. The van der Waals surface area contributed by atoms with Crippen molar-refractivity contribution in [3.63, 3.8) is 0 Å². The lowest BCUT2D eigenvalue weighted by atomic mass is 10.1. The van der Waals surface area contributed by atoms with E-state index >= 15 is 0 Å². The van der Waals surface area contributed by atoms with Gasteiger partial charge in [0.15, 0.2) is 0 Å². The molecule has 21 heavy (non-hydrogen) atoms. The summed E-state index contributed by atoms with van der Waals surface area (Å²) in [5, 5.41) is 2.76. The topological polar surface area (TPSA) is 54.9 Å². The number of nitrogens with one attached hydrogen (secondary N) is 1. The first-order valence-corrected chi connectivity index (χ1v) is 6.58. The number of anilines is 1. The van der Waals surface area contributed by atoms with E-state index in [0.717, 1.165) is 11.3 Å². The zero-order chi connectivity index (χ0) is 14.5. The smallest absolute Gasteiger partial charge is 0.275 e. The van der Waals surface area contributed by atoms with Crippen LogP contribution in [0.15, 0.2) is 72.9 Å². The lowest BCUT2D eigenvalue weighted by molar-refractivity contribution is 0.102. The van der Waals surface area contributed by atoms with E-state index in [1.165, 1.54) is 0 Å². The summed E-state index contributed by atoms with van der Waals surface area (Å²) in [5.74, 6) is 0.236. The minimum absolute atomic E-state index is 0.270. The molecule has 0 aliphatic carbocycles. The number of nitrogens with zero attached hydrogens (tertiary/aromatic N) is 2. The molecule has 1 N–H and O–H groups in total. The zero-order valence-corrected chi connectivity index (χ0v) is 11.2. The molecule has 0 bridgehead atoms. The van der Waals surface area contributed by atoms with Crippen LogP contribution in [-0.4, -0.2) is 15.9 Å². The fourth-order valence-corrected chi connectivity index (χ4v) is 1.95. The van der Waals surface area contributed by atoms with Crippen LogP contribution in [0.2, 0.25) is 0 Å². The molecule has 0 saturated carbocycles. The summed E-state index contributed by atoms with van der Waals surface area (Å²) in [6.45, 7) is 0. The van der Waals surface area contributed by atoms with Crippen LogP contribution in [0.3, 0.4) is 0 Å². The molecule has 0 aliphatic rings. The van der Waals surface area contributed by atoms with Gasteiger partial charge >= 0.3 is 0 Å². The number of hydrogen-bond donors (Lipinski definition) is 1. The average Bonchev–Trinajstić information content (AvgIpc) is 2.57. The molecule has 0 fully saturated rings. The largest absolute Gasteiger partial charge is 0.305 e. The third-order valence-electron chi connectivity index (χ3n) is 2.96. The molecular formula is C17H13N3O. The lowest BCUT2D eigenvalue weighted by Gasteiger charge is -2.06. The van der Waals surface area contributed by atoms with Gasteiger partial charge in [-0.1, -0.05) is 42.5 Å². The average molecular weight is 275 g/mol. The Kier molecular flexibility index (Phi) is 3.69. The number of carbonyl (C=O) groups is 1. The van der Waals surface area contributed by atoms with E-state index in [-0.39, 0.29) is 5.91 Å². The maximum absolute atomic E-state index is 12.0. The highest BCUT2D eigenvalue weighted by Crippen LogP contribution is 2.18. The van der Waals surface area contributed by atoms with E-state index in [2.05, 4.69) is 15.3 Å². The Balaban J connectivity index is 1.83. The third kappa shape index (κ3) is 3.12. The van der Waals surface area contributed by atoms with Gasteiger partial charge in [-0.3, -0.25) is 9.78 Å². The molecule has 2 heterocycles. The molecule has 102 valence electrons. The highest BCUT2D eigenvalue weighted by molar-refractivity contribution is 6.02. The van der Waals surface area contributed by atoms with Gasteiger partial charge in [-0.25, -0.2) is 4.98 Å². The SMILES string of the molecule is O=C(Nc1cccc(-c2ccccc2)n1)c1ccccn1. The molecule has 3 rings (SSSR count). The first kappa shape index (κ1) is 13.0. The molecule has 1 aromatic carbocycles. The van der Waals surface area contributed by atoms with Gasteiger partial charge in [0.1, 0.15) is 11.5 Å². The summed E-state index contributed by atoms with van der Waals surface area (Å²) in [5.41, 5.74) is 2.19. The first-order valence-electron chi connectivity index (χ1n) is 6.58. The summed E-state index contributed by atoms with van der Waals surface area (Å²) in [6.07, 6.45) is 1.59. The molecule has 0 atom stereocenters. The van der Waals surface area contributed by atoms with Crippen molar-refractivity contribution in [2.75, 3.05) is 5.32 Å². The van der Waals surface area contributed by atoms with Gasteiger partial charge in [-0.2, -0.15) is 0 Å². The Labute approximate surface area is 122 Å². The summed E-state index contributed by atoms with van der Waals surface area (Å²) >= 11 is 0. The van der Waals surface area contributed by atoms with Gasteiger partial charge in [0.2, 0.25) is 0 Å². The van der Waals surface area contributed by atoms with Crippen molar-refractivity contribution < 1.29 is 4.79 Å². The summed E-state index contributed by atoms with van der Waals surface area (Å²) in [6, 6.07) is 20.6. The number of pyridine rings is 2. The van der Waals surface area contributed by atoms with Gasteiger partial charge in [0.25, 0.3) is 5.91 Å². The Morgan fingerprint density at radius 2 is 1.67 bits per heavy atom. The van der Waals surface area contributed by atoms with Crippen molar-refractivity contribution in [1.82, 2.24) is 9.97 Å². The highest BCUT2D eigenvalue weighted by Gasteiger charge is 2.08. The van der Waals surface area contributed by atoms with Crippen molar-refractivity contribution in [2.45, 2.75) is 0 Å². The van der Waals surface area contributed by atoms with Crippen LogP contribution >= 0.6 is 0 Å². The minimum Gasteiger partial charge on any atom is -0.305 e. The Morgan fingerprint density at radius 1 is 0.857 bits per heavy atom. The van der Waals surface area contributed by atoms with E-state index in [1.54, 1.807) is 30.5 Å². The molecule has 3 aromatic rings. The maximum atomic E-state index is 12.0. The van der Waals surface area contributed by atoms with Crippen LogP contribution in [-0.2, 0) is 0 Å². The van der Waals surface area contributed by atoms with Crippen LogP contribution in [0.4, 0.5) is 5.82 Å². The van der Waals surface area contributed by atoms with Gasteiger partial charge in [0.05, 0.1) is 5.69 Å². The van der Waals surface area contributed by atoms with E-state index in [4.69, 9.17) is 0 Å². The van der Waals surface area contributed by atoms with Crippen molar-refractivity contribution in [1.29, 1.82) is 0 Å². The normalized spacial score (nSPS) is 10.1. The highest BCUT2D eigenvalue weighted by atomic mass is 16.1. The predicted octanol–water partition coefficient (Wildman–Crippen LogP) is 3.40. The molecule has 0 unspecified atom stereocenters. The van der Waals surface area contributed by atoms with Gasteiger partial charge < -0.3 is 5.32 Å². The summed E-state index contributed by atoms with van der Waals surface area (Å²) in [4.78, 5) is 20.5. The quantitative estimate of drug-likeness (QED) is 0.797. The van der Waals surface area contributed by atoms with Gasteiger partial charge in [-0.05, 0) is 24.3 Å². The molecule has 0 radical (unpaired) electrons. The summed E-state index contributed by atoms with van der Waals surface area (Å²) < 4.78 is 0. The fourth-order valence-electron chi connectivity index (χ4n) is 1.95. The van der Waals surface area contributed by atoms with Crippen LogP contribution in [0.1, 0.15) is 10.5 Å². The van der Waals surface area contributed by atoms with Crippen molar-refractivity contribution in [2.24, 2.45) is 0 Å².